The number of alkyl halides is 3. The van der Waals surface area contributed by atoms with E-state index in [0.717, 1.165) is 49.5 Å². The molecule has 4 rings (SSSR count). The third kappa shape index (κ3) is 5.81. The van der Waals surface area contributed by atoms with E-state index in [4.69, 9.17) is 4.74 Å². The minimum absolute atomic E-state index is 0.0396. The van der Waals surface area contributed by atoms with Crippen molar-refractivity contribution in [2.75, 3.05) is 44.7 Å². The predicted molar refractivity (Wildman–Crippen MR) is 124 cm³/mol. The fourth-order valence-electron chi connectivity index (χ4n) is 4.79. The predicted octanol–water partition coefficient (Wildman–Crippen LogP) is 4.28. The third-order valence-electron chi connectivity index (χ3n) is 6.82. The summed E-state index contributed by atoms with van der Waals surface area (Å²) in [6.07, 6.45) is 0.0894. The second-order valence-electron chi connectivity index (χ2n) is 8.94. The lowest BCUT2D eigenvalue weighted by Gasteiger charge is -2.33. The number of anilines is 1. The number of amides is 1. The smallest absolute Gasteiger partial charge is 0.417 e. The lowest BCUT2D eigenvalue weighted by Crippen LogP contribution is -2.43. The Hall–Kier alpha value is -2.81. The molecule has 0 bridgehead atoms. The van der Waals surface area contributed by atoms with Crippen molar-refractivity contribution in [3.8, 4) is 5.75 Å². The van der Waals surface area contributed by atoms with Crippen LogP contribution in [-0.4, -0.2) is 55.6 Å². The van der Waals surface area contributed by atoms with E-state index in [0.29, 0.717) is 38.3 Å². The summed E-state index contributed by atoms with van der Waals surface area (Å²) in [5, 5.41) is 3.16. The topological polar surface area (TPSA) is 57.7 Å². The molecule has 0 spiro atoms. The van der Waals surface area contributed by atoms with Crippen LogP contribution in [0.1, 0.15) is 42.9 Å². The maximum absolute atomic E-state index is 12.9. The van der Waals surface area contributed by atoms with Crippen molar-refractivity contribution < 1.29 is 22.7 Å². The molecule has 2 aromatic rings. The monoisotopic (exact) mass is 476 g/mol. The molecule has 1 aromatic carbocycles. The van der Waals surface area contributed by atoms with Crippen LogP contribution in [0.3, 0.4) is 0 Å². The zero-order valence-electron chi connectivity index (χ0n) is 19.4. The number of hydrogen-bond donors (Lipinski definition) is 1. The number of likely N-dealkylation sites (tertiary alicyclic amines) is 1. The van der Waals surface area contributed by atoms with Gasteiger partial charge in [0, 0.05) is 31.7 Å². The summed E-state index contributed by atoms with van der Waals surface area (Å²) in [5.41, 5.74) is 0.404. The molecule has 34 heavy (non-hydrogen) atoms. The molecule has 1 amide bonds. The number of pyridine rings is 1. The van der Waals surface area contributed by atoms with Crippen LogP contribution in [0.15, 0.2) is 42.6 Å². The van der Waals surface area contributed by atoms with Crippen LogP contribution in [0.2, 0.25) is 0 Å². The van der Waals surface area contributed by atoms with Crippen LogP contribution in [0.25, 0.3) is 0 Å². The number of methoxy groups -OCH3 is 1. The molecule has 6 nitrogen and oxygen atoms in total. The first kappa shape index (κ1) is 24.3. The Bertz CT molecular complexity index is 936. The first-order valence-corrected chi connectivity index (χ1v) is 11.8. The Morgan fingerprint density at radius 2 is 1.76 bits per heavy atom. The van der Waals surface area contributed by atoms with Crippen molar-refractivity contribution in [2.24, 2.45) is 5.92 Å². The van der Waals surface area contributed by atoms with E-state index in [1.165, 1.54) is 6.07 Å². The Morgan fingerprint density at radius 1 is 1.09 bits per heavy atom. The van der Waals surface area contributed by atoms with E-state index >= 15 is 0 Å². The van der Waals surface area contributed by atoms with Gasteiger partial charge in [-0.3, -0.25) is 9.69 Å². The molecule has 9 heteroatoms. The van der Waals surface area contributed by atoms with Gasteiger partial charge in [0.25, 0.3) is 0 Å². The second-order valence-corrected chi connectivity index (χ2v) is 8.94. The normalized spacial score (nSPS) is 18.6. The van der Waals surface area contributed by atoms with Crippen LogP contribution in [0.4, 0.5) is 19.0 Å². The zero-order valence-corrected chi connectivity index (χ0v) is 19.4. The minimum Gasteiger partial charge on any atom is -0.497 e. The Labute approximate surface area is 198 Å². The molecule has 2 aliphatic rings. The molecule has 184 valence electrons. The highest BCUT2D eigenvalue weighted by Gasteiger charge is 2.32. The number of nitrogens with one attached hydrogen (secondary N) is 1. The highest BCUT2D eigenvalue weighted by Crippen LogP contribution is 2.30. The number of benzene rings is 1. The molecule has 0 radical (unpaired) electrons. The lowest BCUT2D eigenvalue weighted by atomic mass is 9.95. The van der Waals surface area contributed by atoms with Gasteiger partial charge in [0.1, 0.15) is 11.6 Å². The van der Waals surface area contributed by atoms with Gasteiger partial charge in [-0.15, -0.1) is 0 Å². The number of carbonyl (C=O) groups excluding carboxylic acids is 1. The number of rotatable bonds is 7. The molecular weight excluding hydrogens is 445 g/mol. The van der Waals surface area contributed by atoms with E-state index in [9.17, 15) is 18.0 Å². The van der Waals surface area contributed by atoms with Crippen LogP contribution in [0, 0.1) is 5.92 Å². The number of aromatic nitrogens is 1. The van der Waals surface area contributed by atoms with E-state index < -0.39 is 11.7 Å². The van der Waals surface area contributed by atoms with Gasteiger partial charge < -0.3 is 15.0 Å². The van der Waals surface area contributed by atoms with Gasteiger partial charge in [-0.25, -0.2) is 4.98 Å². The van der Waals surface area contributed by atoms with Gasteiger partial charge in [0.2, 0.25) is 5.91 Å². The van der Waals surface area contributed by atoms with Gasteiger partial charge in [-0.1, -0.05) is 12.1 Å². The summed E-state index contributed by atoms with van der Waals surface area (Å²) in [6, 6.07) is 10.6. The van der Waals surface area contributed by atoms with Crippen LogP contribution in [-0.2, 0) is 11.0 Å². The molecule has 1 aromatic heterocycles. The average Bonchev–Trinajstić information content (AvgIpc) is 3.39. The van der Waals surface area contributed by atoms with Gasteiger partial charge in [0.15, 0.2) is 0 Å². The molecule has 2 saturated heterocycles. The Morgan fingerprint density at radius 3 is 2.32 bits per heavy atom. The molecule has 0 saturated carbocycles. The van der Waals surface area contributed by atoms with Crippen molar-refractivity contribution in [1.29, 1.82) is 0 Å². The van der Waals surface area contributed by atoms with Gasteiger partial charge in [-0.2, -0.15) is 13.2 Å². The molecule has 1 N–H and O–H groups in total. The summed E-state index contributed by atoms with van der Waals surface area (Å²) in [6.45, 7) is 3.76. The number of piperidine rings is 1. The van der Waals surface area contributed by atoms with E-state index in [1.807, 2.05) is 17.0 Å². The first-order chi connectivity index (χ1) is 16.3. The summed E-state index contributed by atoms with van der Waals surface area (Å²) in [7, 11) is 1.64. The van der Waals surface area contributed by atoms with Gasteiger partial charge in [-0.05, 0) is 68.6 Å². The minimum atomic E-state index is -4.39. The van der Waals surface area contributed by atoms with Crippen LogP contribution >= 0.6 is 0 Å². The Kier molecular flexibility index (Phi) is 7.60. The van der Waals surface area contributed by atoms with Crippen molar-refractivity contribution >= 4 is 11.7 Å². The largest absolute Gasteiger partial charge is 0.497 e. The fraction of sp³-hybridized carbons (Fsp3) is 0.520. The molecule has 2 aliphatic heterocycles. The number of nitrogens with zero attached hydrogens (tertiary/aromatic N) is 3. The fourth-order valence-corrected chi connectivity index (χ4v) is 4.79. The third-order valence-corrected chi connectivity index (χ3v) is 6.82. The average molecular weight is 477 g/mol. The first-order valence-electron chi connectivity index (χ1n) is 11.8. The summed E-state index contributed by atoms with van der Waals surface area (Å²) >= 11 is 0. The Balaban J connectivity index is 1.31. The van der Waals surface area contributed by atoms with E-state index in [1.54, 1.807) is 7.11 Å². The van der Waals surface area contributed by atoms with Gasteiger partial charge in [0.05, 0.1) is 18.7 Å². The number of hydrogen-bond acceptors (Lipinski definition) is 5. The van der Waals surface area contributed by atoms with Crippen LogP contribution in [0.5, 0.6) is 5.75 Å². The van der Waals surface area contributed by atoms with Crippen molar-refractivity contribution in [2.45, 2.75) is 37.9 Å². The molecular formula is C25H31F3N4O2. The molecule has 1 unspecified atom stereocenters. The zero-order chi connectivity index (χ0) is 24.1. The quantitative estimate of drug-likeness (QED) is 0.647. The highest BCUT2D eigenvalue weighted by molar-refractivity contribution is 5.79. The van der Waals surface area contributed by atoms with Crippen molar-refractivity contribution in [3.63, 3.8) is 0 Å². The number of carbonyl (C=O) groups is 1. The molecule has 3 heterocycles. The maximum atomic E-state index is 12.9. The number of ether oxygens (including phenoxy) is 1. The highest BCUT2D eigenvalue weighted by atomic mass is 19.4. The van der Waals surface area contributed by atoms with Crippen molar-refractivity contribution in [1.82, 2.24) is 15.2 Å². The standard InChI is InChI=1S/C25H31F3N4O2/c1-34-21-7-4-18(5-8-21)22(31-12-2-3-13-31)17-30-24(33)19-10-14-32(15-11-19)23-9-6-20(16-29-23)25(26,27)28/h4-9,16,19,22H,2-3,10-15,17H2,1H3,(H,30,33). The SMILES string of the molecule is COc1ccc(C(CNC(=O)C2CCN(c3ccc(C(F)(F)F)cn3)CC2)N2CCCC2)cc1. The van der Waals surface area contributed by atoms with Crippen molar-refractivity contribution in [3.05, 3.63) is 53.7 Å². The summed E-state index contributed by atoms with van der Waals surface area (Å²) in [4.78, 5) is 21.3. The maximum Gasteiger partial charge on any atom is 0.417 e. The second kappa shape index (κ2) is 10.6. The van der Waals surface area contributed by atoms with E-state index in [2.05, 4.69) is 27.3 Å². The molecule has 1 atom stereocenters. The summed E-state index contributed by atoms with van der Waals surface area (Å²) in [5.74, 6) is 1.25. The molecule has 0 aliphatic carbocycles. The van der Waals surface area contributed by atoms with E-state index in [-0.39, 0.29) is 17.9 Å². The summed E-state index contributed by atoms with van der Waals surface area (Å²) < 4.78 is 43.6. The van der Waals surface area contributed by atoms with Gasteiger partial charge >= 0.3 is 6.18 Å². The lowest BCUT2D eigenvalue weighted by molar-refractivity contribution is -0.137. The number of halogens is 3. The molecule has 2 fully saturated rings. The van der Waals surface area contributed by atoms with Crippen LogP contribution < -0.4 is 15.0 Å².